The number of imide groups is 1. The number of halogens is 3. The van der Waals surface area contributed by atoms with Crippen molar-refractivity contribution in [2.45, 2.75) is 31.9 Å². The maximum atomic E-state index is 12.7. The Morgan fingerprint density at radius 2 is 1.86 bits per heavy atom. The molecule has 0 radical (unpaired) electrons. The summed E-state index contributed by atoms with van der Waals surface area (Å²) in [7, 11) is 1.23. The molecule has 0 spiro atoms. The smallest absolute Gasteiger partial charge is 0.417 e. The second-order valence-corrected chi connectivity index (χ2v) is 7.78. The van der Waals surface area contributed by atoms with Gasteiger partial charge in [-0.1, -0.05) is 23.8 Å². The fourth-order valence-corrected chi connectivity index (χ4v) is 3.35. The molecular weight excluding hydrogens is 467 g/mol. The summed E-state index contributed by atoms with van der Waals surface area (Å²) in [5.74, 6) is -0.594. The van der Waals surface area contributed by atoms with Gasteiger partial charge in [-0.25, -0.2) is 9.78 Å². The summed E-state index contributed by atoms with van der Waals surface area (Å²) in [4.78, 5) is 40.4. The van der Waals surface area contributed by atoms with Gasteiger partial charge in [0.2, 0.25) is 11.8 Å². The van der Waals surface area contributed by atoms with Crippen molar-refractivity contribution in [1.82, 2.24) is 15.2 Å². The fraction of sp³-hybridized carbons (Fsp3) is 0.333. The van der Waals surface area contributed by atoms with Gasteiger partial charge < -0.3 is 14.4 Å². The molecule has 2 aromatic rings. The Morgan fingerprint density at radius 1 is 1.11 bits per heavy atom. The van der Waals surface area contributed by atoms with E-state index in [2.05, 4.69) is 15.0 Å². The van der Waals surface area contributed by atoms with E-state index in [9.17, 15) is 27.6 Å². The highest BCUT2D eigenvalue weighted by Crippen LogP contribution is 2.30. The number of benzene rings is 1. The first-order chi connectivity index (χ1) is 16.6. The largest absolute Gasteiger partial charge is 0.469 e. The van der Waals surface area contributed by atoms with E-state index in [4.69, 9.17) is 4.74 Å². The van der Waals surface area contributed by atoms with Crippen molar-refractivity contribution in [3.63, 3.8) is 0 Å². The third-order valence-electron chi connectivity index (χ3n) is 5.24. The number of amides is 3. The van der Waals surface area contributed by atoms with Crippen LogP contribution in [0, 0.1) is 0 Å². The van der Waals surface area contributed by atoms with Crippen LogP contribution in [-0.2, 0) is 20.5 Å². The average Bonchev–Trinajstić information content (AvgIpc) is 2.83. The predicted molar refractivity (Wildman–Crippen MR) is 119 cm³/mol. The number of piperidine rings is 1. The minimum Gasteiger partial charge on any atom is -0.469 e. The molecule has 2 heterocycles. The first kappa shape index (κ1) is 25.7. The van der Waals surface area contributed by atoms with Crippen LogP contribution in [0.4, 0.5) is 18.0 Å². The molecule has 8 nitrogen and oxygen atoms in total. The maximum Gasteiger partial charge on any atom is 0.417 e. The van der Waals surface area contributed by atoms with Crippen LogP contribution >= 0.6 is 0 Å². The van der Waals surface area contributed by atoms with Crippen LogP contribution in [0.15, 0.2) is 48.2 Å². The molecule has 0 aliphatic carbocycles. The molecule has 1 saturated heterocycles. The number of pyridine rings is 1. The number of ether oxygens (including phenoxy) is 2. The van der Waals surface area contributed by atoms with Gasteiger partial charge in [0.05, 0.1) is 19.1 Å². The van der Waals surface area contributed by atoms with E-state index in [0.717, 1.165) is 29.5 Å². The maximum absolute atomic E-state index is 12.7. The number of carbonyl (C=O) groups excluding carboxylic acids is 3. The molecule has 3 amide bonds. The number of esters is 1. The van der Waals surface area contributed by atoms with Crippen molar-refractivity contribution in [3.8, 4) is 11.6 Å². The molecule has 3 rings (SSSR count). The lowest BCUT2D eigenvalue weighted by Crippen LogP contribution is -2.45. The number of alkyl halides is 3. The second kappa shape index (κ2) is 11.5. The first-order valence-electron chi connectivity index (χ1n) is 10.8. The van der Waals surface area contributed by atoms with E-state index < -0.39 is 29.6 Å². The summed E-state index contributed by atoms with van der Waals surface area (Å²) in [5, 5.41) is 2.27. The second-order valence-electron chi connectivity index (χ2n) is 7.78. The van der Waals surface area contributed by atoms with Crippen LogP contribution in [0.1, 0.15) is 36.8 Å². The van der Waals surface area contributed by atoms with Crippen molar-refractivity contribution < 1.29 is 37.0 Å². The Hall–Kier alpha value is -3.89. The van der Waals surface area contributed by atoms with Crippen LogP contribution in [-0.4, -0.2) is 48.0 Å². The molecular formula is C24H24F3N3O5. The highest BCUT2D eigenvalue weighted by molar-refractivity contribution is 5.95. The molecule has 35 heavy (non-hydrogen) atoms. The number of hydrogen-bond donors (Lipinski definition) is 1. The monoisotopic (exact) mass is 491 g/mol. The van der Waals surface area contributed by atoms with E-state index in [1.807, 2.05) is 12.1 Å². The molecule has 0 bridgehead atoms. The van der Waals surface area contributed by atoms with Gasteiger partial charge in [-0.3, -0.25) is 14.9 Å². The Labute approximate surface area is 199 Å². The summed E-state index contributed by atoms with van der Waals surface area (Å²) < 4.78 is 48.1. The highest BCUT2D eigenvalue weighted by Gasteiger charge is 2.30. The predicted octanol–water partition coefficient (Wildman–Crippen LogP) is 4.56. The minimum atomic E-state index is -4.46. The zero-order valence-electron chi connectivity index (χ0n) is 18.9. The number of methoxy groups -OCH3 is 1. The molecule has 1 fully saturated rings. The van der Waals surface area contributed by atoms with Crippen molar-refractivity contribution in [3.05, 3.63) is 59.3 Å². The molecule has 1 aromatic heterocycles. The molecule has 11 heteroatoms. The third-order valence-corrected chi connectivity index (χ3v) is 5.24. The molecule has 1 aliphatic heterocycles. The van der Waals surface area contributed by atoms with Crippen LogP contribution in [0.5, 0.6) is 11.6 Å². The molecule has 186 valence electrons. The van der Waals surface area contributed by atoms with Crippen molar-refractivity contribution in [2.24, 2.45) is 0 Å². The summed E-state index contributed by atoms with van der Waals surface area (Å²) >= 11 is 0. The summed E-state index contributed by atoms with van der Waals surface area (Å²) in [5.41, 5.74) is 1.07. The number of nitrogens with zero attached hydrogens (tertiary/aromatic N) is 2. The summed E-state index contributed by atoms with van der Waals surface area (Å²) in [6.07, 6.45) is -0.793. The number of aromatic nitrogens is 1. The lowest BCUT2D eigenvalue weighted by molar-refractivity contribution is -0.142. The lowest BCUT2D eigenvalue weighted by Gasteiger charge is -2.28. The molecule has 1 aliphatic rings. The Morgan fingerprint density at radius 3 is 2.49 bits per heavy atom. The topological polar surface area (TPSA) is 97.8 Å². The summed E-state index contributed by atoms with van der Waals surface area (Å²) in [6.45, 7) is 0.848. The van der Waals surface area contributed by atoms with Gasteiger partial charge in [-0.15, -0.1) is 0 Å². The molecule has 0 saturated carbocycles. The van der Waals surface area contributed by atoms with E-state index >= 15 is 0 Å². The van der Waals surface area contributed by atoms with Crippen molar-refractivity contribution in [1.29, 1.82) is 0 Å². The van der Waals surface area contributed by atoms with E-state index in [1.54, 1.807) is 18.2 Å². The Balaban J connectivity index is 1.52. The Kier molecular flexibility index (Phi) is 8.45. The van der Waals surface area contributed by atoms with Crippen LogP contribution < -0.4 is 10.1 Å². The van der Waals surface area contributed by atoms with Crippen LogP contribution in [0.25, 0.3) is 6.08 Å². The van der Waals surface area contributed by atoms with Crippen LogP contribution in [0.3, 0.4) is 0 Å². The van der Waals surface area contributed by atoms with Crippen molar-refractivity contribution in [2.75, 3.05) is 20.2 Å². The first-order valence-corrected chi connectivity index (χ1v) is 10.8. The number of likely N-dealkylation sites (tertiary alicyclic amines) is 1. The van der Waals surface area contributed by atoms with E-state index in [0.29, 0.717) is 31.7 Å². The van der Waals surface area contributed by atoms with Gasteiger partial charge in [0.15, 0.2) is 0 Å². The van der Waals surface area contributed by atoms with Gasteiger partial charge in [0.25, 0.3) is 0 Å². The Bertz CT molecular complexity index is 1090. The zero-order valence-corrected chi connectivity index (χ0v) is 18.9. The number of nitrogens with one attached hydrogen (secondary N) is 1. The average molecular weight is 491 g/mol. The van der Waals surface area contributed by atoms with Crippen molar-refractivity contribution >= 4 is 24.0 Å². The van der Waals surface area contributed by atoms with E-state index in [1.165, 1.54) is 12.0 Å². The van der Waals surface area contributed by atoms with Gasteiger partial charge >= 0.3 is 18.2 Å². The quantitative estimate of drug-likeness (QED) is 0.595. The third kappa shape index (κ3) is 7.83. The number of carbonyl (C=O) groups is 3. The SMILES string of the molecule is COC(=O)CCC(=O)NC(=O)N1CCC(=Cc2cccc(Oc3ccc(C(F)(F)F)cn3)c2)CC1. The molecule has 0 atom stereocenters. The van der Waals surface area contributed by atoms with Crippen LogP contribution in [0.2, 0.25) is 0 Å². The number of urea groups is 1. The van der Waals surface area contributed by atoms with Gasteiger partial charge in [0, 0.05) is 31.8 Å². The zero-order chi connectivity index (χ0) is 25.4. The summed E-state index contributed by atoms with van der Waals surface area (Å²) in [6, 6.07) is 8.60. The van der Waals surface area contributed by atoms with Gasteiger partial charge in [0.1, 0.15) is 5.75 Å². The standard InChI is InChI=1S/C24H24F3N3O5/c1-34-22(32)8-6-20(31)29-23(33)30-11-9-16(10-12-30)13-17-3-2-4-19(14-17)35-21-7-5-18(15-28-21)24(25,26)27/h2-5,7,13-15H,6,8-12H2,1H3,(H,29,31,33). The normalized spacial score (nSPS) is 13.7. The lowest BCUT2D eigenvalue weighted by atomic mass is 10.0. The fourth-order valence-electron chi connectivity index (χ4n) is 3.35. The molecule has 0 unspecified atom stereocenters. The van der Waals surface area contributed by atoms with Gasteiger partial charge in [-0.05, 0) is 36.6 Å². The van der Waals surface area contributed by atoms with Gasteiger partial charge in [-0.2, -0.15) is 13.2 Å². The highest BCUT2D eigenvalue weighted by atomic mass is 19.4. The molecule has 1 aromatic carbocycles. The van der Waals surface area contributed by atoms with E-state index in [-0.39, 0.29) is 18.7 Å². The molecule has 1 N–H and O–H groups in total. The minimum absolute atomic E-state index is 0.0447. The number of hydrogen-bond acceptors (Lipinski definition) is 6. The number of rotatable bonds is 6.